The van der Waals surface area contributed by atoms with Crippen molar-refractivity contribution in [2.75, 3.05) is 19.5 Å². The second kappa shape index (κ2) is 11.1. The molecule has 3 aromatic rings. The van der Waals surface area contributed by atoms with Crippen LogP contribution in [0.2, 0.25) is 5.02 Å². The summed E-state index contributed by atoms with van der Waals surface area (Å²) >= 11 is 6.12. The minimum Gasteiger partial charge on any atom is -0.495 e. The Kier molecular flexibility index (Phi) is 7.96. The largest absolute Gasteiger partial charge is 0.495 e. The highest BCUT2D eigenvalue weighted by Gasteiger charge is 2.16. The topological polar surface area (TPSA) is 80.6 Å². The molecule has 0 saturated carbocycles. The Morgan fingerprint density at radius 3 is 2.48 bits per heavy atom. The van der Waals surface area contributed by atoms with E-state index in [1.165, 1.54) is 32.4 Å². The second-order valence-electron chi connectivity index (χ2n) is 7.13. The van der Waals surface area contributed by atoms with Gasteiger partial charge in [0.2, 0.25) is 0 Å². The number of halogens is 1. The SMILES string of the molecule is COc1cc(NC(=O)/C(C#N)=C/c2ccccc2OCc2cccc(C)c2)c(OC)cc1Cl. The van der Waals surface area contributed by atoms with Gasteiger partial charge in [-0.2, -0.15) is 5.26 Å². The van der Waals surface area contributed by atoms with Crippen LogP contribution in [0.25, 0.3) is 6.08 Å². The minimum absolute atomic E-state index is 0.0995. The van der Waals surface area contributed by atoms with E-state index in [9.17, 15) is 10.1 Å². The molecular formula is C26H23ClN2O4. The van der Waals surface area contributed by atoms with E-state index in [-0.39, 0.29) is 5.57 Å². The number of rotatable bonds is 8. The summed E-state index contributed by atoms with van der Waals surface area (Å²) in [5.41, 5.74) is 3.00. The maximum absolute atomic E-state index is 12.9. The van der Waals surface area contributed by atoms with Crippen LogP contribution in [0.15, 0.2) is 66.2 Å². The van der Waals surface area contributed by atoms with Gasteiger partial charge in [0.05, 0.1) is 24.9 Å². The van der Waals surface area contributed by atoms with Gasteiger partial charge in [-0.05, 0) is 24.6 Å². The molecule has 0 radical (unpaired) electrons. The number of methoxy groups -OCH3 is 2. The van der Waals surface area contributed by atoms with E-state index in [2.05, 4.69) is 5.32 Å². The van der Waals surface area contributed by atoms with Crippen molar-refractivity contribution in [2.45, 2.75) is 13.5 Å². The summed E-state index contributed by atoms with van der Waals surface area (Å²) in [4.78, 5) is 12.9. The number of hydrogen-bond donors (Lipinski definition) is 1. The number of ether oxygens (including phenoxy) is 3. The number of carbonyl (C=O) groups is 1. The molecule has 3 rings (SSSR count). The van der Waals surface area contributed by atoms with Gasteiger partial charge in [-0.15, -0.1) is 0 Å². The molecule has 0 heterocycles. The number of benzene rings is 3. The van der Waals surface area contributed by atoms with E-state index in [0.29, 0.717) is 40.1 Å². The predicted octanol–water partition coefficient (Wildman–Crippen LogP) is 5.79. The van der Waals surface area contributed by atoms with Crippen molar-refractivity contribution in [3.63, 3.8) is 0 Å². The van der Waals surface area contributed by atoms with Crippen LogP contribution in [0, 0.1) is 18.3 Å². The molecule has 0 unspecified atom stereocenters. The molecule has 3 aromatic carbocycles. The molecule has 1 amide bonds. The van der Waals surface area contributed by atoms with E-state index < -0.39 is 5.91 Å². The first-order valence-corrected chi connectivity index (χ1v) is 10.4. The van der Waals surface area contributed by atoms with Crippen molar-refractivity contribution in [3.8, 4) is 23.3 Å². The zero-order valence-corrected chi connectivity index (χ0v) is 19.3. The van der Waals surface area contributed by atoms with Crippen LogP contribution in [0.3, 0.4) is 0 Å². The molecule has 0 aliphatic rings. The fourth-order valence-electron chi connectivity index (χ4n) is 3.15. The van der Waals surface area contributed by atoms with Crippen molar-refractivity contribution in [1.29, 1.82) is 5.26 Å². The van der Waals surface area contributed by atoms with Gasteiger partial charge < -0.3 is 19.5 Å². The molecule has 168 valence electrons. The van der Waals surface area contributed by atoms with Gasteiger partial charge >= 0.3 is 0 Å². The van der Waals surface area contributed by atoms with Gasteiger partial charge in [-0.25, -0.2) is 0 Å². The highest BCUT2D eigenvalue weighted by atomic mass is 35.5. The van der Waals surface area contributed by atoms with Crippen LogP contribution in [-0.4, -0.2) is 20.1 Å². The highest BCUT2D eigenvalue weighted by Crippen LogP contribution is 2.36. The third-order valence-corrected chi connectivity index (χ3v) is 5.08. The van der Waals surface area contributed by atoms with Crippen molar-refractivity contribution >= 4 is 29.3 Å². The fourth-order valence-corrected chi connectivity index (χ4v) is 3.38. The smallest absolute Gasteiger partial charge is 0.266 e. The predicted molar refractivity (Wildman–Crippen MR) is 129 cm³/mol. The quantitative estimate of drug-likeness (QED) is 0.338. The standard InChI is InChI=1S/C26H23ClN2O4/c1-17-7-6-8-18(11-17)16-33-23-10-5-4-9-19(23)12-20(15-28)26(30)29-22-14-24(31-2)21(27)13-25(22)32-3/h4-14H,16H2,1-3H3,(H,29,30)/b20-12+. The van der Waals surface area contributed by atoms with Crippen LogP contribution < -0.4 is 19.5 Å². The maximum atomic E-state index is 12.9. The van der Waals surface area contributed by atoms with Crippen LogP contribution in [0.1, 0.15) is 16.7 Å². The lowest BCUT2D eigenvalue weighted by Gasteiger charge is -2.13. The van der Waals surface area contributed by atoms with Crippen LogP contribution in [0.5, 0.6) is 17.2 Å². The van der Waals surface area contributed by atoms with Crippen LogP contribution in [0.4, 0.5) is 5.69 Å². The van der Waals surface area contributed by atoms with Crippen molar-refractivity contribution in [2.24, 2.45) is 0 Å². The summed E-state index contributed by atoms with van der Waals surface area (Å²) < 4.78 is 16.4. The third kappa shape index (κ3) is 6.06. The van der Waals surface area contributed by atoms with Crippen molar-refractivity contribution in [1.82, 2.24) is 0 Å². The molecule has 0 aromatic heterocycles. The summed E-state index contributed by atoms with van der Waals surface area (Å²) in [6.07, 6.45) is 1.49. The number of nitriles is 1. The van der Waals surface area contributed by atoms with Crippen molar-refractivity contribution < 1.29 is 19.0 Å². The number of anilines is 1. The Bertz CT molecular complexity index is 1230. The second-order valence-corrected chi connectivity index (χ2v) is 7.53. The molecule has 0 fully saturated rings. The Labute approximate surface area is 198 Å². The zero-order chi connectivity index (χ0) is 23.8. The number of hydrogen-bond acceptors (Lipinski definition) is 5. The first kappa shape index (κ1) is 23.7. The Balaban J connectivity index is 1.84. The lowest BCUT2D eigenvalue weighted by atomic mass is 10.1. The molecule has 7 heteroatoms. The molecular weight excluding hydrogens is 440 g/mol. The molecule has 0 atom stereocenters. The summed E-state index contributed by atoms with van der Waals surface area (Å²) in [6.45, 7) is 2.38. The summed E-state index contributed by atoms with van der Waals surface area (Å²) in [7, 11) is 2.92. The molecule has 0 aliphatic carbocycles. The van der Waals surface area contributed by atoms with Gasteiger partial charge in [-0.1, -0.05) is 59.6 Å². The molecule has 0 spiro atoms. The molecule has 0 saturated heterocycles. The number of carbonyl (C=O) groups excluding carboxylic acids is 1. The van der Waals surface area contributed by atoms with Crippen molar-refractivity contribution in [3.05, 3.63) is 87.9 Å². The van der Waals surface area contributed by atoms with E-state index in [1.54, 1.807) is 12.1 Å². The number of nitrogens with zero attached hydrogens (tertiary/aromatic N) is 1. The van der Waals surface area contributed by atoms with Crippen LogP contribution in [-0.2, 0) is 11.4 Å². The lowest BCUT2D eigenvalue weighted by Crippen LogP contribution is -2.14. The first-order chi connectivity index (χ1) is 15.9. The normalized spacial score (nSPS) is 10.8. The average molecular weight is 463 g/mol. The fraction of sp³-hybridized carbons (Fsp3) is 0.154. The molecule has 0 bridgehead atoms. The molecule has 33 heavy (non-hydrogen) atoms. The maximum Gasteiger partial charge on any atom is 0.266 e. The number of nitrogens with one attached hydrogen (secondary N) is 1. The van der Waals surface area contributed by atoms with Gasteiger partial charge in [0.25, 0.3) is 5.91 Å². The number of para-hydroxylation sites is 1. The van der Waals surface area contributed by atoms with Gasteiger partial charge in [0, 0.05) is 17.7 Å². The van der Waals surface area contributed by atoms with E-state index in [0.717, 1.165) is 11.1 Å². The molecule has 6 nitrogen and oxygen atoms in total. The summed E-state index contributed by atoms with van der Waals surface area (Å²) in [5, 5.41) is 12.7. The average Bonchev–Trinajstić information content (AvgIpc) is 2.82. The van der Waals surface area contributed by atoms with E-state index in [4.69, 9.17) is 25.8 Å². The van der Waals surface area contributed by atoms with Gasteiger partial charge in [0.15, 0.2) is 0 Å². The monoisotopic (exact) mass is 462 g/mol. The zero-order valence-electron chi connectivity index (χ0n) is 18.5. The highest BCUT2D eigenvalue weighted by molar-refractivity contribution is 6.32. The van der Waals surface area contributed by atoms with Crippen LogP contribution >= 0.6 is 11.6 Å². The summed E-state index contributed by atoms with van der Waals surface area (Å²) in [5.74, 6) is 0.664. The summed E-state index contributed by atoms with van der Waals surface area (Å²) in [6, 6.07) is 20.2. The van der Waals surface area contributed by atoms with E-state index >= 15 is 0 Å². The molecule has 0 aliphatic heterocycles. The van der Waals surface area contributed by atoms with Gasteiger partial charge in [0.1, 0.15) is 35.5 Å². The van der Waals surface area contributed by atoms with Gasteiger partial charge in [-0.3, -0.25) is 4.79 Å². The minimum atomic E-state index is -0.603. The Hall–Kier alpha value is -3.95. The third-order valence-electron chi connectivity index (χ3n) is 4.78. The molecule has 1 N–H and O–H groups in total. The Morgan fingerprint density at radius 2 is 1.79 bits per heavy atom. The number of amides is 1. The van der Waals surface area contributed by atoms with E-state index in [1.807, 2.05) is 49.4 Å². The lowest BCUT2D eigenvalue weighted by molar-refractivity contribution is -0.112. The Morgan fingerprint density at radius 1 is 1.03 bits per heavy atom. The number of aryl methyl sites for hydroxylation is 1. The first-order valence-electron chi connectivity index (χ1n) is 10.1.